The number of nitrogens with one attached hydrogen (secondary N) is 1. The van der Waals surface area contributed by atoms with Crippen LogP contribution in [0.2, 0.25) is 0 Å². The lowest BCUT2D eigenvalue weighted by Crippen LogP contribution is -2.38. The molecule has 0 aromatic carbocycles. The van der Waals surface area contributed by atoms with Crippen LogP contribution >= 0.6 is 0 Å². The molecule has 2 heteroatoms. The lowest BCUT2D eigenvalue weighted by Gasteiger charge is -2.27. The molecule has 13 heavy (non-hydrogen) atoms. The standard InChI is InChI=1S/C11H17N2/c1-9(2)13-7-4-10(5-8-13)11-3-6-12-11/h4-5,7-9,11-12H,3,6H2,1-2H3/q+1. The Bertz CT molecular complexity index is 273. The van der Waals surface area contributed by atoms with E-state index >= 15 is 0 Å². The normalized spacial score (nSPS) is 21.6. The Labute approximate surface area is 79.6 Å². The SMILES string of the molecule is CC(C)[n+]1ccc(C2CCN2)cc1. The van der Waals surface area contributed by atoms with E-state index in [2.05, 4.69) is 48.3 Å². The molecule has 70 valence electrons. The van der Waals surface area contributed by atoms with Gasteiger partial charge in [-0.05, 0) is 32.4 Å². The van der Waals surface area contributed by atoms with Crippen molar-refractivity contribution in [3.8, 4) is 0 Å². The van der Waals surface area contributed by atoms with Crippen LogP contribution in [-0.2, 0) is 0 Å². The highest BCUT2D eigenvalue weighted by Gasteiger charge is 2.19. The van der Waals surface area contributed by atoms with Crippen LogP contribution in [0.1, 0.15) is 37.9 Å². The molecule has 0 aliphatic carbocycles. The molecule has 0 amide bonds. The van der Waals surface area contributed by atoms with E-state index in [4.69, 9.17) is 0 Å². The predicted octanol–water partition coefficient (Wildman–Crippen LogP) is 1.59. The molecule has 1 aromatic rings. The summed E-state index contributed by atoms with van der Waals surface area (Å²) in [6, 6.07) is 5.61. The average molecular weight is 177 g/mol. The first-order valence-electron chi connectivity index (χ1n) is 5.01. The predicted molar refractivity (Wildman–Crippen MR) is 52.4 cm³/mol. The van der Waals surface area contributed by atoms with Gasteiger partial charge in [0, 0.05) is 18.2 Å². The summed E-state index contributed by atoms with van der Waals surface area (Å²) in [6.07, 6.45) is 5.62. The molecule has 2 nitrogen and oxygen atoms in total. The second-order valence-electron chi connectivity index (χ2n) is 3.97. The lowest BCUT2D eigenvalue weighted by atomic mass is 9.99. The maximum Gasteiger partial charge on any atom is 0.169 e. The van der Waals surface area contributed by atoms with Crippen molar-refractivity contribution in [1.29, 1.82) is 0 Å². The van der Waals surface area contributed by atoms with Gasteiger partial charge >= 0.3 is 0 Å². The first-order valence-corrected chi connectivity index (χ1v) is 5.01. The molecular weight excluding hydrogens is 160 g/mol. The Hall–Kier alpha value is -0.890. The summed E-state index contributed by atoms with van der Waals surface area (Å²) in [5.41, 5.74) is 1.42. The molecular formula is C11H17N2+. The van der Waals surface area contributed by atoms with Gasteiger partial charge in [0.2, 0.25) is 0 Å². The smallest absolute Gasteiger partial charge is 0.169 e. The van der Waals surface area contributed by atoms with Crippen molar-refractivity contribution in [2.75, 3.05) is 6.54 Å². The fourth-order valence-corrected chi connectivity index (χ4v) is 1.60. The third-order valence-electron chi connectivity index (χ3n) is 2.70. The molecule has 0 spiro atoms. The van der Waals surface area contributed by atoms with Crippen molar-refractivity contribution < 1.29 is 4.57 Å². The molecule has 1 N–H and O–H groups in total. The quantitative estimate of drug-likeness (QED) is 0.678. The van der Waals surface area contributed by atoms with Crippen LogP contribution in [0.5, 0.6) is 0 Å². The van der Waals surface area contributed by atoms with E-state index in [-0.39, 0.29) is 0 Å². The van der Waals surface area contributed by atoms with Crippen LogP contribution in [0.4, 0.5) is 0 Å². The summed E-state index contributed by atoms with van der Waals surface area (Å²) >= 11 is 0. The van der Waals surface area contributed by atoms with E-state index in [1.807, 2.05) is 0 Å². The molecule has 1 aliphatic heterocycles. The Morgan fingerprint density at radius 1 is 1.38 bits per heavy atom. The second-order valence-corrected chi connectivity index (χ2v) is 3.97. The molecule has 0 radical (unpaired) electrons. The number of pyridine rings is 1. The Balaban J connectivity index is 2.13. The molecule has 0 bridgehead atoms. The molecule has 2 heterocycles. The van der Waals surface area contributed by atoms with E-state index in [0.717, 1.165) is 0 Å². The minimum atomic E-state index is 0.559. The number of aromatic nitrogens is 1. The summed E-state index contributed by atoms with van der Waals surface area (Å²) in [7, 11) is 0. The maximum atomic E-state index is 3.40. The lowest BCUT2D eigenvalue weighted by molar-refractivity contribution is -0.716. The van der Waals surface area contributed by atoms with Gasteiger partial charge in [-0.25, -0.2) is 4.57 Å². The molecule has 1 fully saturated rings. The highest BCUT2D eigenvalue weighted by atomic mass is 15.0. The number of rotatable bonds is 2. The molecule has 1 aromatic heterocycles. The molecule has 1 saturated heterocycles. The highest BCUT2D eigenvalue weighted by Crippen LogP contribution is 2.21. The zero-order valence-electron chi connectivity index (χ0n) is 8.33. The Kier molecular flexibility index (Phi) is 2.32. The van der Waals surface area contributed by atoms with E-state index in [9.17, 15) is 0 Å². The van der Waals surface area contributed by atoms with Gasteiger partial charge in [-0.3, -0.25) is 0 Å². The number of hydrogen-bond donors (Lipinski definition) is 1. The zero-order chi connectivity index (χ0) is 9.26. The minimum absolute atomic E-state index is 0.559. The molecule has 0 saturated carbocycles. The van der Waals surface area contributed by atoms with Crippen LogP contribution in [0.25, 0.3) is 0 Å². The second kappa shape index (κ2) is 3.46. The van der Waals surface area contributed by atoms with Crippen LogP contribution in [-0.4, -0.2) is 6.54 Å². The molecule has 1 aliphatic rings. The van der Waals surface area contributed by atoms with Crippen molar-refractivity contribution in [3.05, 3.63) is 30.1 Å². The van der Waals surface area contributed by atoms with Gasteiger partial charge in [-0.15, -0.1) is 0 Å². The van der Waals surface area contributed by atoms with Crippen molar-refractivity contribution in [1.82, 2.24) is 5.32 Å². The van der Waals surface area contributed by atoms with Gasteiger partial charge < -0.3 is 5.32 Å². The van der Waals surface area contributed by atoms with Crippen LogP contribution in [0, 0.1) is 0 Å². The van der Waals surface area contributed by atoms with E-state index in [1.54, 1.807) is 0 Å². The summed E-state index contributed by atoms with van der Waals surface area (Å²) in [4.78, 5) is 0. The fourth-order valence-electron chi connectivity index (χ4n) is 1.60. The van der Waals surface area contributed by atoms with Gasteiger partial charge in [-0.1, -0.05) is 0 Å². The van der Waals surface area contributed by atoms with Gasteiger partial charge in [0.25, 0.3) is 0 Å². The maximum absolute atomic E-state index is 3.40. The molecule has 1 atom stereocenters. The Morgan fingerprint density at radius 2 is 2.00 bits per heavy atom. The summed E-state index contributed by atoms with van der Waals surface area (Å²) in [5, 5.41) is 3.40. The van der Waals surface area contributed by atoms with E-state index in [0.29, 0.717) is 12.1 Å². The summed E-state index contributed by atoms with van der Waals surface area (Å²) in [5.74, 6) is 0. The van der Waals surface area contributed by atoms with Gasteiger partial charge in [0.1, 0.15) is 0 Å². The third-order valence-corrected chi connectivity index (χ3v) is 2.70. The topological polar surface area (TPSA) is 15.9 Å². The summed E-state index contributed by atoms with van der Waals surface area (Å²) < 4.78 is 2.22. The molecule has 1 unspecified atom stereocenters. The largest absolute Gasteiger partial charge is 0.310 e. The number of hydrogen-bond acceptors (Lipinski definition) is 1. The van der Waals surface area contributed by atoms with E-state index in [1.165, 1.54) is 18.5 Å². The van der Waals surface area contributed by atoms with Gasteiger partial charge in [0.05, 0.1) is 0 Å². The van der Waals surface area contributed by atoms with Gasteiger partial charge in [0.15, 0.2) is 18.4 Å². The van der Waals surface area contributed by atoms with Crippen molar-refractivity contribution in [2.45, 2.75) is 32.4 Å². The van der Waals surface area contributed by atoms with Gasteiger partial charge in [-0.2, -0.15) is 0 Å². The zero-order valence-corrected chi connectivity index (χ0v) is 8.33. The minimum Gasteiger partial charge on any atom is -0.310 e. The molecule has 2 rings (SSSR count). The van der Waals surface area contributed by atoms with Crippen molar-refractivity contribution in [2.24, 2.45) is 0 Å². The average Bonchev–Trinajstić information content (AvgIpc) is 2.02. The fraction of sp³-hybridized carbons (Fsp3) is 0.545. The highest BCUT2D eigenvalue weighted by molar-refractivity contribution is 5.15. The first kappa shape index (κ1) is 8.70. The third kappa shape index (κ3) is 1.73. The van der Waals surface area contributed by atoms with E-state index < -0.39 is 0 Å². The van der Waals surface area contributed by atoms with Crippen molar-refractivity contribution in [3.63, 3.8) is 0 Å². The van der Waals surface area contributed by atoms with Crippen molar-refractivity contribution >= 4 is 0 Å². The number of nitrogens with zero attached hydrogens (tertiary/aromatic N) is 1. The first-order chi connectivity index (χ1) is 6.27. The van der Waals surface area contributed by atoms with Crippen LogP contribution in [0.15, 0.2) is 24.5 Å². The Morgan fingerprint density at radius 3 is 2.38 bits per heavy atom. The van der Waals surface area contributed by atoms with Crippen LogP contribution < -0.4 is 9.88 Å². The monoisotopic (exact) mass is 177 g/mol. The van der Waals surface area contributed by atoms with Crippen LogP contribution in [0.3, 0.4) is 0 Å². The summed E-state index contributed by atoms with van der Waals surface area (Å²) in [6.45, 7) is 5.56.